The molecule has 0 aromatic heterocycles. The van der Waals surface area contributed by atoms with Crippen LogP contribution in [0, 0.1) is 5.82 Å². The molecule has 0 saturated carbocycles. The van der Waals surface area contributed by atoms with Crippen molar-refractivity contribution in [2.75, 3.05) is 13.7 Å². The number of sulfonamides is 1. The van der Waals surface area contributed by atoms with Crippen LogP contribution < -0.4 is 9.46 Å². The molecule has 1 N–H and O–H groups in total. The second-order valence-electron chi connectivity index (χ2n) is 4.57. The van der Waals surface area contributed by atoms with Gasteiger partial charge in [-0.3, -0.25) is 0 Å². The average Bonchev–Trinajstić information content (AvgIpc) is 2.50. The van der Waals surface area contributed by atoms with Crippen molar-refractivity contribution < 1.29 is 17.5 Å². The number of ether oxygens (including phenoxy) is 1. The van der Waals surface area contributed by atoms with E-state index in [1.807, 2.05) is 24.3 Å². The van der Waals surface area contributed by atoms with Crippen molar-refractivity contribution in [1.82, 2.24) is 4.72 Å². The number of methoxy groups -OCH3 is 1. The summed E-state index contributed by atoms with van der Waals surface area (Å²) in [6.07, 6.45) is 0.547. The van der Waals surface area contributed by atoms with E-state index in [9.17, 15) is 12.8 Å². The van der Waals surface area contributed by atoms with E-state index in [1.54, 1.807) is 7.11 Å². The molecule has 0 aliphatic heterocycles. The Labute approximate surface area is 137 Å². The summed E-state index contributed by atoms with van der Waals surface area (Å²) in [5.41, 5.74) is 0.990. The molecule has 2 aromatic rings. The lowest BCUT2D eigenvalue weighted by atomic mass is 10.1. The van der Waals surface area contributed by atoms with Crippen molar-refractivity contribution in [3.8, 4) is 5.75 Å². The number of rotatable bonds is 6. The molecule has 0 bridgehead atoms. The number of halogens is 2. The van der Waals surface area contributed by atoms with Crippen molar-refractivity contribution in [3.63, 3.8) is 0 Å². The highest BCUT2D eigenvalue weighted by molar-refractivity contribution is 9.10. The van der Waals surface area contributed by atoms with E-state index in [-0.39, 0.29) is 15.9 Å². The van der Waals surface area contributed by atoms with Crippen LogP contribution in [0.5, 0.6) is 5.75 Å². The summed E-state index contributed by atoms with van der Waals surface area (Å²) in [7, 11) is -2.07. The summed E-state index contributed by atoms with van der Waals surface area (Å²) in [6.45, 7) is 0.254. The molecule has 0 aliphatic rings. The zero-order chi connectivity index (χ0) is 16.2. The van der Waals surface area contributed by atoms with Gasteiger partial charge in [0.1, 0.15) is 11.6 Å². The maximum Gasteiger partial charge on any atom is 0.240 e. The van der Waals surface area contributed by atoms with Gasteiger partial charge in [-0.2, -0.15) is 0 Å². The van der Waals surface area contributed by atoms with Gasteiger partial charge in [0.05, 0.1) is 16.5 Å². The molecule has 118 valence electrons. The van der Waals surface area contributed by atoms with Crippen LogP contribution in [0.25, 0.3) is 0 Å². The maximum absolute atomic E-state index is 13.1. The lowest BCUT2D eigenvalue weighted by Gasteiger charge is -2.08. The topological polar surface area (TPSA) is 55.4 Å². The monoisotopic (exact) mass is 387 g/mol. The number of benzene rings is 2. The predicted molar refractivity (Wildman–Crippen MR) is 86.0 cm³/mol. The highest BCUT2D eigenvalue weighted by Gasteiger charge is 2.15. The minimum absolute atomic E-state index is 0.0236. The average molecular weight is 388 g/mol. The van der Waals surface area contributed by atoms with Crippen LogP contribution >= 0.6 is 15.9 Å². The molecule has 0 aliphatic carbocycles. The van der Waals surface area contributed by atoms with Gasteiger partial charge in [-0.15, -0.1) is 0 Å². The molecule has 0 radical (unpaired) electrons. The minimum Gasteiger partial charge on any atom is -0.497 e. The molecule has 0 heterocycles. The van der Waals surface area contributed by atoms with Crippen molar-refractivity contribution >= 4 is 26.0 Å². The standard InChI is InChI=1S/C15H15BrFNO3S/c1-21-12-4-2-11(3-5-12)8-9-18-22(19,20)13-6-7-15(17)14(16)10-13/h2-7,10,18H,8-9H2,1H3. The second-order valence-corrected chi connectivity index (χ2v) is 7.19. The Hall–Kier alpha value is -1.44. The van der Waals surface area contributed by atoms with Crippen LogP contribution in [0.1, 0.15) is 5.56 Å². The fourth-order valence-electron chi connectivity index (χ4n) is 1.85. The van der Waals surface area contributed by atoms with E-state index < -0.39 is 15.8 Å². The number of hydrogen-bond donors (Lipinski definition) is 1. The van der Waals surface area contributed by atoms with Gasteiger partial charge < -0.3 is 4.74 Å². The molecule has 2 rings (SSSR count). The molecule has 0 spiro atoms. The molecule has 0 amide bonds. The zero-order valence-electron chi connectivity index (χ0n) is 11.8. The van der Waals surface area contributed by atoms with Crippen molar-refractivity contribution in [2.45, 2.75) is 11.3 Å². The van der Waals surface area contributed by atoms with E-state index in [0.29, 0.717) is 6.42 Å². The van der Waals surface area contributed by atoms with Crippen molar-refractivity contribution in [1.29, 1.82) is 0 Å². The predicted octanol–water partition coefficient (Wildman–Crippen LogP) is 3.12. The first-order chi connectivity index (χ1) is 10.4. The van der Waals surface area contributed by atoms with Crippen molar-refractivity contribution in [3.05, 3.63) is 58.3 Å². The normalized spacial score (nSPS) is 11.4. The Morgan fingerprint density at radius 3 is 2.45 bits per heavy atom. The summed E-state index contributed by atoms with van der Waals surface area (Å²) in [5, 5.41) is 0. The third-order valence-electron chi connectivity index (χ3n) is 3.07. The van der Waals surface area contributed by atoms with Crippen LogP contribution in [0.4, 0.5) is 4.39 Å². The molecule has 0 saturated heterocycles. The van der Waals surface area contributed by atoms with E-state index in [2.05, 4.69) is 20.7 Å². The SMILES string of the molecule is COc1ccc(CCNS(=O)(=O)c2ccc(F)c(Br)c2)cc1. The third-order valence-corrected chi connectivity index (χ3v) is 5.13. The van der Waals surface area contributed by atoms with Gasteiger partial charge in [-0.05, 0) is 58.2 Å². The van der Waals surface area contributed by atoms with Crippen LogP contribution in [0.15, 0.2) is 51.8 Å². The molecule has 22 heavy (non-hydrogen) atoms. The zero-order valence-corrected chi connectivity index (χ0v) is 14.2. The van der Waals surface area contributed by atoms with Gasteiger partial charge in [-0.25, -0.2) is 17.5 Å². The second kappa shape index (κ2) is 7.21. The molecule has 0 atom stereocenters. The van der Waals surface area contributed by atoms with E-state index in [1.165, 1.54) is 12.1 Å². The van der Waals surface area contributed by atoms with Gasteiger partial charge in [0.25, 0.3) is 0 Å². The Balaban J connectivity index is 1.98. The molecule has 0 fully saturated rings. The van der Waals surface area contributed by atoms with Crippen LogP contribution in [0.2, 0.25) is 0 Å². The number of hydrogen-bond acceptors (Lipinski definition) is 3. The molecular weight excluding hydrogens is 373 g/mol. The van der Waals surface area contributed by atoms with Crippen molar-refractivity contribution in [2.24, 2.45) is 0 Å². The highest BCUT2D eigenvalue weighted by atomic mass is 79.9. The van der Waals surface area contributed by atoms with Gasteiger partial charge >= 0.3 is 0 Å². The summed E-state index contributed by atoms with van der Waals surface area (Å²) in [4.78, 5) is 0.0236. The molecule has 4 nitrogen and oxygen atoms in total. The van der Waals surface area contributed by atoms with Gasteiger partial charge in [0.2, 0.25) is 10.0 Å². The molecular formula is C15H15BrFNO3S. The fraction of sp³-hybridized carbons (Fsp3) is 0.200. The van der Waals surface area contributed by atoms with E-state index >= 15 is 0 Å². The summed E-state index contributed by atoms with van der Waals surface area (Å²) >= 11 is 2.98. The lowest BCUT2D eigenvalue weighted by molar-refractivity contribution is 0.414. The Kier molecular flexibility index (Phi) is 5.55. The summed E-state index contributed by atoms with van der Waals surface area (Å²) in [6, 6.07) is 11.0. The van der Waals surface area contributed by atoms with E-state index in [4.69, 9.17) is 4.74 Å². The molecule has 0 unspecified atom stereocenters. The first-order valence-electron chi connectivity index (χ1n) is 6.50. The summed E-state index contributed by atoms with van der Waals surface area (Å²) in [5.74, 6) is 0.248. The Morgan fingerprint density at radius 1 is 1.18 bits per heavy atom. The smallest absolute Gasteiger partial charge is 0.240 e. The fourth-order valence-corrected chi connectivity index (χ4v) is 3.44. The van der Waals surface area contributed by atoms with Gasteiger partial charge in [-0.1, -0.05) is 12.1 Å². The number of nitrogens with one attached hydrogen (secondary N) is 1. The summed E-state index contributed by atoms with van der Waals surface area (Å²) < 4.78 is 45.0. The Morgan fingerprint density at radius 2 is 1.86 bits per heavy atom. The van der Waals surface area contributed by atoms with Crippen LogP contribution in [-0.4, -0.2) is 22.1 Å². The molecule has 2 aromatic carbocycles. The largest absolute Gasteiger partial charge is 0.497 e. The quantitative estimate of drug-likeness (QED) is 0.828. The van der Waals surface area contributed by atoms with E-state index in [0.717, 1.165) is 17.4 Å². The Bertz CT molecular complexity index is 748. The first kappa shape index (κ1) is 16.9. The van der Waals surface area contributed by atoms with Crippen LogP contribution in [-0.2, 0) is 16.4 Å². The maximum atomic E-state index is 13.1. The van der Waals surface area contributed by atoms with Gasteiger partial charge in [0, 0.05) is 6.54 Å². The van der Waals surface area contributed by atoms with Gasteiger partial charge in [0.15, 0.2) is 0 Å². The first-order valence-corrected chi connectivity index (χ1v) is 8.77. The lowest BCUT2D eigenvalue weighted by Crippen LogP contribution is -2.26. The van der Waals surface area contributed by atoms with Crippen LogP contribution in [0.3, 0.4) is 0 Å². The third kappa shape index (κ3) is 4.28. The minimum atomic E-state index is -3.65. The molecule has 7 heteroatoms. The highest BCUT2D eigenvalue weighted by Crippen LogP contribution is 2.20.